The third-order valence-corrected chi connectivity index (χ3v) is 17.8. The molecule has 3 heteroatoms. The molecule has 0 atom stereocenters. The second-order valence-corrected chi connectivity index (χ2v) is 20.3. The van der Waals surface area contributed by atoms with Gasteiger partial charge in [0.15, 0.2) is 8.07 Å². The van der Waals surface area contributed by atoms with E-state index in [9.17, 15) is 0 Å². The fourth-order valence-electron chi connectivity index (χ4n) is 10.3. The van der Waals surface area contributed by atoms with E-state index < -0.39 is 8.07 Å². The largest absolute Gasteiger partial charge is 0.307 e. The summed E-state index contributed by atoms with van der Waals surface area (Å²) in [7, 11) is -2.76. The zero-order valence-electron chi connectivity index (χ0n) is 34.6. The minimum absolute atomic E-state index is 1.13. The van der Waals surface area contributed by atoms with Gasteiger partial charge in [0.2, 0.25) is 0 Å². The Bertz CT molecular complexity index is 3490. The minimum atomic E-state index is -2.76. The summed E-state index contributed by atoms with van der Waals surface area (Å²) in [4.78, 5) is 0. The van der Waals surface area contributed by atoms with Gasteiger partial charge < -0.3 is 9.13 Å². The zero-order chi connectivity index (χ0) is 41.7. The van der Waals surface area contributed by atoms with Crippen molar-refractivity contribution in [1.82, 2.24) is 9.13 Å². The SMILES string of the molecule is c1ccc(-c2cccc(-c3ccc(-n4c5ccccc5c5cccc(-n6c7ccccc7c7cc([Si](c8ccccc8)(c8ccccc8)c8ccccc8)ccc76)c54)cc3)c2)cc1. The molecule has 0 saturated carbocycles. The molecule has 2 heterocycles. The summed E-state index contributed by atoms with van der Waals surface area (Å²) in [5, 5.41) is 10.4. The average Bonchev–Trinajstić information content (AvgIpc) is 3.89. The van der Waals surface area contributed by atoms with Crippen LogP contribution in [-0.2, 0) is 0 Å². The number of para-hydroxylation sites is 3. The summed E-state index contributed by atoms with van der Waals surface area (Å²) in [6, 6.07) is 94.2. The first-order valence-corrected chi connectivity index (χ1v) is 23.8. The number of rotatable bonds is 8. The van der Waals surface area contributed by atoms with Crippen LogP contribution < -0.4 is 20.7 Å². The summed E-state index contributed by atoms with van der Waals surface area (Å²) >= 11 is 0. The number of nitrogens with zero attached hydrogens (tertiary/aromatic N) is 2. The van der Waals surface area contributed by atoms with Gasteiger partial charge in [-0.1, -0.05) is 212 Å². The fraction of sp³-hybridized carbons (Fsp3) is 0. The van der Waals surface area contributed by atoms with Crippen molar-refractivity contribution >= 4 is 72.4 Å². The van der Waals surface area contributed by atoms with Crippen molar-refractivity contribution in [2.75, 3.05) is 0 Å². The van der Waals surface area contributed by atoms with Crippen LogP contribution in [0.4, 0.5) is 0 Å². The lowest BCUT2D eigenvalue weighted by Crippen LogP contribution is -2.74. The molecule has 0 fully saturated rings. The first-order valence-electron chi connectivity index (χ1n) is 21.8. The van der Waals surface area contributed by atoms with E-state index in [2.05, 4.69) is 264 Å². The lowest BCUT2D eigenvalue weighted by molar-refractivity contribution is 1.13. The van der Waals surface area contributed by atoms with E-state index in [1.165, 1.54) is 86.6 Å². The van der Waals surface area contributed by atoms with Crippen molar-refractivity contribution in [3.05, 3.63) is 255 Å². The van der Waals surface area contributed by atoms with E-state index in [-0.39, 0.29) is 0 Å². The Morgan fingerprint density at radius 2 is 0.698 bits per heavy atom. The highest BCUT2D eigenvalue weighted by molar-refractivity contribution is 7.20. The van der Waals surface area contributed by atoms with E-state index >= 15 is 0 Å². The lowest BCUT2D eigenvalue weighted by Gasteiger charge is -2.34. The van der Waals surface area contributed by atoms with Crippen LogP contribution in [0.5, 0.6) is 0 Å². The van der Waals surface area contributed by atoms with E-state index in [4.69, 9.17) is 0 Å². The van der Waals surface area contributed by atoms with Gasteiger partial charge in [0.1, 0.15) is 0 Å². The first-order chi connectivity index (χ1) is 31.3. The van der Waals surface area contributed by atoms with Crippen LogP contribution in [0.15, 0.2) is 255 Å². The number of benzene rings is 10. The molecule has 12 aromatic rings. The van der Waals surface area contributed by atoms with Crippen molar-refractivity contribution in [2.45, 2.75) is 0 Å². The van der Waals surface area contributed by atoms with Crippen LogP contribution in [0.1, 0.15) is 0 Å². The van der Waals surface area contributed by atoms with Gasteiger partial charge in [-0.3, -0.25) is 0 Å². The molecule has 0 spiro atoms. The van der Waals surface area contributed by atoms with Crippen LogP contribution in [0.25, 0.3) is 77.2 Å². The van der Waals surface area contributed by atoms with Gasteiger partial charge in [-0.25, -0.2) is 0 Å². The van der Waals surface area contributed by atoms with Crippen molar-refractivity contribution in [2.24, 2.45) is 0 Å². The minimum Gasteiger partial charge on any atom is -0.307 e. The Labute approximate surface area is 368 Å². The van der Waals surface area contributed by atoms with Gasteiger partial charge in [-0.15, -0.1) is 0 Å². The highest BCUT2D eigenvalue weighted by Gasteiger charge is 2.41. The van der Waals surface area contributed by atoms with Gasteiger partial charge in [0, 0.05) is 27.2 Å². The van der Waals surface area contributed by atoms with Gasteiger partial charge in [0.05, 0.1) is 27.8 Å². The van der Waals surface area contributed by atoms with Crippen LogP contribution in [0.2, 0.25) is 0 Å². The molecule has 12 rings (SSSR count). The molecule has 2 nitrogen and oxygen atoms in total. The average molecular weight is 819 g/mol. The second kappa shape index (κ2) is 15.2. The lowest BCUT2D eigenvalue weighted by atomic mass is 9.99. The predicted molar refractivity (Wildman–Crippen MR) is 270 cm³/mol. The molecule has 296 valence electrons. The molecular formula is C60H42N2Si. The quantitative estimate of drug-likeness (QED) is 0.107. The molecule has 0 unspecified atom stereocenters. The first kappa shape index (κ1) is 36.8. The van der Waals surface area contributed by atoms with Crippen molar-refractivity contribution in [3.8, 4) is 33.6 Å². The van der Waals surface area contributed by atoms with Crippen molar-refractivity contribution in [3.63, 3.8) is 0 Å². The summed E-state index contributed by atoms with van der Waals surface area (Å²) in [5.74, 6) is 0. The van der Waals surface area contributed by atoms with Gasteiger partial charge in [0.25, 0.3) is 0 Å². The molecule has 10 aromatic carbocycles. The van der Waals surface area contributed by atoms with E-state index in [0.29, 0.717) is 0 Å². The third-order valence-electron chi connectivity index (χ3n) is 13.1. The molecule has 0 bridgehead atoms. The van der Waals surface area contributed by atoms with Crippen LogP contribution >= 0.6 is 0 Å². The molecule has 0 saturated heterocycles. The normalized spacial score (nSPS) is 11.8. The Morgan fingerprint density at radius 1 is 0.254 bits per heavy atom. The summed E-state index contributed by atoms with van der Waals surface area (Å²) in [6.45, 7) is 0. The van der Waals surface area contributed by atoms with Crippen LogP contribution in [0, 0.1) is 0 Å². The number of aromatic nitrogens is 2. The molecule has 0 aliphatic heterocycles. The van der Waals surface area contributed by atoms with E-state index in [0.717, 1.165) is 11.4 Å². The maximum absolute atomic E-state index is 2.76. The molecule has 0 aliphatic carbocycles. The fourth-order valence-corrected chi connectivity index (χ4v) is 15.1. The van der Waals surface area contributed by atoms with Gasteiger partial charge in [-0.2, -0.15) is 0 Å². The Morgan fingerprint density at radius 3 is 1.30 bits per heavy atom. The molecule has 0 aliphatic rings. The standard InChI is InChI=1S/C60H42N2Si/c1-5-19-43(20-6-1)45-21-17-22-46(41-45)44-35-37-47(38-36-44)61-56-32-15-13-29-52(56)54-31-18-34-59(60(54)61)62-57-33-16-14-30-53(57)55-42-51(39-40-58(55)62)63(48-23-7-2-8-24-48,49-25-9-3-10-26-49)50-27-11-4-12-28-50/h1-42H. The highest BCUT2D eigenvalue weighted by Crippen LogP contribution is 2.40. The van der Waals surface area contributed by atoms with Crippen molar-refractivity contribution in [1.29, 1.82) is 0 Å². The number of hydrogen-bond donors (Lipinski definition) is 0. The maximum atomic E-state index is 2.52. The Balaban J connectivity index is 1.08. The zero-order valence-corrected chi connectivity index (χ0v) is 35.6. The van der Waals surface area contributed by atoms with Crippen LogP contribution in [-0.4, -0.2) is 17.2 Å². The molecule has 2 aromatic heterocycles. The van der Waals surface area contributed by atoms with E-state index in [1.807, 2.05) is 0 Å². The third kappa shape index (κ3) is 5.93. The monoisotopic (exact) mass is 818 g/mol. The van der Waals surface area contributed by atoms with Crippen LogP contribution in [0.3, 0.4) is 0 Å². The molecule has 0 N–H and O–H groups in total. The summed E-state index contributed by atoms with van der Waals surface area (Å²) < 4.78 is 4.98. The molecule has 0 amide bonds. The summed E-state index contributed by atoms with van der Waals surface area (Å²) in [6.07, 6.45) is 0. The Kier molecular flexibility index (Phi) is 8.87. The van der Waals surface area contributed by atoms with E-state index in [1.54, 1.807) is 0 Å². The maximum Gasteiger partial charge on any atom is 0.179 e. The summed E-state index contributed by atoms with van der Waals surface area (Å²) in [5.41, 5.74) is 11.9. The molecular weight excluding hydrogens is 777 g/mol. The topological polar surface area (TPSA) is 9.86 Å². The smallest absolute Gasteiger partial charge is 0.179 e. The molecule has 0 radical (unpaired) electrons. The highest BCUT2D eigenvalue weighted by atomic mass is 28.3. The predicted octanol–water partition coefficient (Wildman–Crippen LogP) is 12.6. The van der Waals surface area contributed by atoms with Crippen molar-refractivity contribution < 1.29 is 0 Å². The number of hydrogen-bond acceptors (Lipinski definition) is 0. The van der Waals surface area contributed by atoms with Gasteiger partial charge in [-0.05, 0) is 85.5 Å². The molecule has 63 heavy (non-hydrogen) atoms. The number of fused-ring (bicyclic) bond motifs is 6. The second-order valence-electron chi connectivity index (χ2n) is 16.5. The van der Waals surface area contributed by atoms with Gasteiger partial charge >= 0.3 is 0 Å². The Hall–Kier alpha value is -7.98.